The molecule has 1 saturated carbocycles. The van der Waals surface area contributed by atoms with E-state index in [9.17, 15) is 9.59 Å². The molecule has 0 spiro atoms. The van der Waals surface area contributed by atoms with Crippen molar-refractivity contribution in [3.63, 3.8) is 0 Å². The van der Waals surface area contributed by atoms with E-state index in [2.05, 4.69) is 38.3 Å². The van der Waals surface area contributed by atoms with Gasteiger partial charge < -0.3 is 16.4 Å². The van der Waals surface area contributed by atoms with Gasteiger partial charge in [-0.2, -0.15) is 0 Å². The summed E-state index contributed by atoms with van der Waals surface area (Å²) in [6, 6.07) is 0.103. The summed E-state index contributed by atoms with van der Waals surface area (Å²) in [6.07, 6.45) is 2.07. The Labute approximate surface area is 128 Å². The predicted molar refractivity (Wildman–Crippen MR) is 84.5 cm³/mol. The van der Waals surface area contributed by atoms with Crippen molar-refractivity contribution >= 4 is 11.8 Å². The summed E-state index contributed by atoms with van der Waals surface area (Å²) >= 11 is 0. The third-order valence-corrected chi connectivity index (χ3v) is 4.38. The molecule has 0 bridgehead atoms. The van der Waals surface area contributed by atoms with Gasteiger partial charge in [-0.25, -0.2) is 0 Å². The Balaban J connectivity index is 2.29. The lowest BCUT2D eigenvalue weighted by Crippen LogP contribution is -2.45. The zero-order chi connectivity index (χ0) is 16.0. The van der Waals surface area contributed by atoms with Crippen molar-refractivity contribution in [1.29, 1.82) is 0 Å². The number of nitrogens with one attached hydrogen (secondary N) is 2. The molecule has 0 aromatic heterocycles. The highest BCUT2D eigenvalue weighted by atomic mass is 16.2. The first-order chi connectivity index (χ1) is 9.81. The minimum atomic E-state index is -0.0186. The normalized spacial score (nSPS) is 29.2. The molecule has 1 fully saturated rings. The summed E-state index contributed by atoms with van der Waals surface area (Å²) in [4.78, 5) is 23.8. The smallest absolute Gasteiger partial charge is 0.223 e. The number of carbonyl (C=O) groups is 2. The number of hydrogen-bond donors (Lipinski definition) is 3. The third-order valence-electron chi connectivity index (χ3n) is 4.38. The van der Waals surface area contributed by atoms with Crippen LogP contribution in [0.3, 0.4) is 0 Å². The van der Waals surface area contributed by atoms with Crippen LogP contribution in [0.2, 0.25) is 0 Å². The summed E-state index contributed by atoms with van der Waals surface area (Å²) < 4.78 is 0. The van der Waals surface area contributed by atoms with Crippen LogP contribution in [0.25, 0.3) is 0 Å². The highest BCUT2D eigenvalue weighted by molar-refractivity contribution is 5.80. The Morgan fingerprint density at radius 1 is 1.14 bits per heavy atom. The van der Waals surface area contributed by atoms with Crippen molar-refractivity contribution in [2.45, 2.75) is 53.0 Å². The molecule has 0 aromatic carbocycles. The van der Waals surface area contributed by atoms with Gasteiger partial charge in [0.1, 0.15) is 0 Å². The second kappa shape index (κ2) is 8.37. The van der Waals surface area contributed by atoms with E-state index in [1.165, 1.54) is 0 Å². The molecule has 0 aromatic rings. The van der Waals surface area contributed by atoms with Crippen LogP contribution in [-0.2, 0) is 9.59 Å². The molecule has 1 aliphatic carbocycles. The molecular formula is C16H31N3O2. The van der Waals surface area contributed by atoms with E-state index in [0.717, 1.165) is 12.8 Å². The molecule has 0 aliphatic heterocycles. The summed E-state index contributed by atoms with van der Waals surface area (Å²) in [5.74, 6) is 1.29. The van der Waals surface area contributed by atoms with Crippen molar-refractivity contribution in [3.05, 3.63) is 0 Å². The highest BCUT2D eigenvalue weighted by Gasteiger charge is 2.34. The van der Waals surface area contributed by atoms with Crippen molar-refractivity contribution < 1.29 is 9.59 Å². The Bertz CT molecular complexity index is 357. The van der Waals surface area contributed by atoms with E-state index in [1.54, 1.807) is 0 Å². The lowest BCUT2D eigenvalue weighted by atomic mass is 9.72. The second-order valence-corrected chi connectivity index (χ2v) is 6.94. The topological polar surface area (TPSA) is 84.2 Å². The van der Waals surface area contributed by atoms with Gasteiger partial charge in [0, 0.05) is 31.5 Å². The average molecular weight is 297 g/mol. The highest BCUT2D eigenvalue weighted by Crippen LogP contribution is 2.32. The summed E-state index contributed by atoms with van der Waals surface area (Å²) in [7, 11) is 0. The molecule has 0 radical (unpaired) electrons. The molecule has 0 heterocycles. The fourth-order valence-electron chi connectivity index (χ4n) is 2.89. The number of nitrogens with two attached hydrogens (primary N) is 1. The third kappa shape index (κ3) is 6.04. The van der Waals surface area contributed by atoms with Gasteiger partial charge in [-0.15, -0.1) is 0 Å². The number of hydrogen-bond acceptors (Lipinski definition) is 3. The first kappa shape index (κ1) is 18.0. The van der Waals surface area contributed by atoms with Crippen LogP contribution in [-0.4, -0.2) is 30.9 Å². The lowest BCUT2D eigenvalue weighted by molar-refractivity contribution is -0.128. The van der Waals surface area contributed by atoms with Gasteiger partial charge in [0.15, 0.2) is 0 Å². The van der Waals surface area contributed by atoms with Crippen LogP contribution < -0.4 is 16.4 Å². The molecule has 0 saturated heterocycles. The SMILES string of the molecule is CC(C)CNC(=O)CCNC(=O)C1CC(N)C(C)CC1C. The standard InChI is InChI=1S/C16H31N3O2/c1-10(2)9-19-15(20)5-6-18-16(21)13-8-14(17)12(4)7-11(13)3/h10-14H,5-9,17H2,1-4H3,(H,18,21)(H,19,20). The number of amides is 2. The Hall–Kier alpha value is -1.10. The fraction of sp³-hybridized carbons (Fsp3) is 0.875. The molecule has 2 amide bonds. The second-order valence-electron chi connectivity index (χ2n) is 6.94. The van der Waals surface area contributed by atoms with Crippen molar-refractivity contribution in [2.24, 2.45) is 29.4 Å². The Morgan fingerprint density at radius 2 is 1.81 bits per heavy atom. The summed E-state index contributed by atoms with van der Waals surface area (Å²) in [5, 5.41) is 5.73. The van der Waals surface area contributed by atoms with E-state index in [0.29, 0.717) is 37.3 Å². The molecule has 5 nitrogen and oxygen atoms in total. The van der Waals surface area contributed by atoms with E-state index in [-0.39, 0.29) is 23.8 Å². The van der Waals surface area contributed by atoms with E-state index in [1.807, 2.05) is 0 Å². The minimum Gasteiger partial charge on any atom is -0.356 e. The van der Waals surface area contributed by atoms with Gasteiger partial charge in [-0.1, -0.05) is 27.7 Å². The van der Waals surface area contributed by atoms with Crippen LogP contribution >= 0.6 is 0 Å². The lowest BCUT2D eigenvalue weighted by Gasteiger charge is -2.36. The van der Waals surface area contributed by atoms with Gasteiger partial charge in [0.2, 0.25) is 11.8 Å². The van der Waals surface area contributed by atoms with Gasteiger partial charge in [0.25, 0.3) is 0 Å². The zero-order valence-electron chi connectivity index (χ0n) is 13.8. The number of carbonyl (C=O) groups excluding carboxylic acids is 2. The molecule has 4 unspecified atom stereocenters. The zero-order valence-corrected chi connectivity index (χ0v) is 13.8. The van der Waals surface area contributed by atoms with Crippen LogP contribution in [0.5, 0.6) is 0 Å². The predicted octanol–water partition coefficient (Wildman–Crippen LogP) is 1.27. The molecule has 5 heteroatoms. The van der Waals surface area contributed by atoms with Crippen LogP contribution in [0.1, 0.15) is 47.0 Å². The maximum Gasteiger partial charge on any atom is 0.223 e. The van der Waals surface area contributed by atoms with Gasteiger partial charge in [-0.05, 0) is 30.6 Å². The van der Waals surface area contributed by atoms with Crippen LogP contribution in [0.4, 0.5) is 0 Å². The van der Waals surface area contributed by atoms with Gasteiger partial charge >= 0.3 is 0 Å². The van der Waals surface area contributed by atoms with E-state index >= 15 is 0 Å². The summed E-state index contributed by atoms with van der Waals surface area (Å²) in [5.41, 5.74) is 6.07. The first-order valence-electron chi connectivity index (χ1n) is 8.11. The molecule has 4 N–H and O–H groups in total. The Kier molecular flexibility index (Phi) is 7.15. The van der Waals surface area contributed by atoms with E-state index in [4.69, 9.17) is 5.73 Å². The fourth-order valence-corrected chi connectivity index (χ4v) is 2.89. The maximum absolute atomic E-state index is 12.2. The van der Waals surface area contributed by atoms with Gasteiger partial charge in [-0.3, -0.25) is 9.59 Å². The molecule has 122 valence electrons. The van der Waals surface area contributed by atoms with Gasteiger partial charge in [0.05, 0.1) is 0 Å². The van der Waals surface area contributed by atoms with Crippen LogP contribution in [0, 0.1) is 23.7 Å². The van der Waals surface area contributed by atoms with Crippen molar-refractivity contribution in [1.82, 2.24) is 10.6 Å². The molecule has 4 atom stereocenters. The minimum absolute atomic E-state index is 0.00832. The Morgan fingerprint density at radius 3 is 2.43 bits per heavy atom. The molecule has 21 heavy (non-hydrogen) atoms. The molecular weight excluding hydrogens is 266 g/mol. The average Bonchev–Trinajstić information content (AvgIpc) is 2.40. The quantitative estimate of drug-likeness (QED) is 0.690. The van der Waals surface area contributed by atoms with Crippen LogP contribution in [0.15, 0.2) is 0 Å². The van der Waals surface area contributed by atoms with E-state index < -0.39 is 0 Å². The number of rotatable bonds is 6. The molecule has 1 aliphatic rings. The van der Waals surface area contributed by atoms with Crippen molar-refractivity contribution in [3.8, 4) is 0 Å². The maximum atomic E-state index is 12.2. The van der Waals surface area contributed by atoms with Crippen molar-refractivity contribution in [2.75, 3.05) is 13.1 Å². The summed E-state index contributed by atoms with van der Waals surface area (Å²) in [6.45, 7) is 9.44. The first-order valence-corrected chi connectivity index (χ1v) is 8.11. The monoisotopic (exact) mass is 297 g/mol. The molecule has 1 rings (SSSR count). The largest absolute Gasteiger partial charge is 0.356 e.